The monoisotopic (exact) mass is 224 g/mol. The van der Waals surface area contributed by atoms with Crippen LogP contribution >= 0.6 is 0 Å². The Morgan fingerprint density at radius 1 is 1.62 bits per heavy atom. The van der Waals surface area contributed by atoms with Crippen molar-refractivity contribution in [3.8, 4) is 0 Å². The molecule has 0 bridgehead atoms. The lowest BCUT2D eigenvalue weighted by molar-refractivity contribution is 0.702. The molecule has 1 aromatic rings. The van der Waals surface area contributed by atoms with E-state index in [0.717, 1.165) is 6.42 Å². The third-order valence-corrected chi connectivity index (χ3v) is 1.99. The first-order valence-electron chi connectivity index (χ1n) is 5.37. The Bertz CT molecular complexity index is 341. The molecule has 6 nitrogen and oxygen atoms in total. The minimum atomic E-state index is 0.313. The second-order valence-electron chi connectivity index (χ2n) is 3.95. The lowest BCUT2D eigenvalue weighted by atomic mass is 10.3. The molecule has 0 saturated carbocycles. The van der Waals surface area contributed by atoms with Gasteiger partial charge in [-0.2, -0.15) is 5.10 Å². The minimum absolute atomic E-state index is 0.313. The summed E-state index contributed by atoms with van der Waals surface area (Å²) in [5.74, 6) is 5.97. The average molecular weight is 224 g/mol. The number of nitrogens with two attached hydrogens (primary N) is 1. The van der Waals surface area contributed by atoms with E-state index < -0.39 is 0 Å². The largest absolute Gasteiger partial charge is 0.353 e. The van der Waals surface area contributed by atoms with E-state index in [0.29, 0.717) is 18.5 Å². The van der Waals surface area contributed by atoms with Crippen LogP contribution in [0.5, 0.6) is 0 Å². The normalized spacial score (nSPS) is 11.9. The summed E-state index contributed by atoms with van der Waals surface area (Å²) in [5.41, 5.74) is 3.72. The summed E-state index contributed by atoms with van der Waals surface area (Å²) < 4.78 is 1.79. The Hall–Kier alpha value is -1.56. The predicted octanol–water partition coefficient (Wildman–Crippen LogP) is -0.220. The fraction of sp³-hybridized carbons (Fsp3) is 0.600. The molecule has 0 amide bonds. The zero-order valence-electron chi connectivity index (χ0n) is 10.1. The Morgan fingerprint density at radius 3 is 2.88 bits per heavy atom. The maximum absolute atomic E-state index is 5.34. The summed E-state index contributed by atoms with van der Waals surface area (Å²) in [6, 6.07) is 0.313. The SMILES string of the molecule is CC(C)NC(=NCCc1cnn(C)c1)NN. The van der Waals surface area contributed by atoms with Crippen LogP contribution in [0.4, 0.5) is 0 Å². The number of aliphatic imine (C=N–C) groups is 1. The van der Waals surface area contributed by atoms with Crippen LogP contribution in [-0.2, 0) is 13.5 Å². The van der Waals surface area contributed by atoms with E-state index in [1.165, 1.54) is 5.56 Å². The highest BCUT2D eigenvalue weighted by Crippen LogP contribution is 1.97. The van der Waals surface area contributed by atoms with E-state index in [1.54, 1.807) is 4.68 Å². The number of hydrogen-bond donors (Lipinski definition) is 3. The zero-order valence-corrected chi connectivity index (χ0v) is 10.1. The number of nitrogens with zero attached hydrogens (tertiary/aromatic N) is 3. The molecular formula is C10H20N6. The van der Waals surface area contributed by atoms with Crippen molar-refractivity contribution in [2.75, 3.05) is 6.54 Å². The van der Waals surface area contributed by atoms with Gasteiger partial charge in [-0.25, -0.2) is 5.84 Å². The first-order valence-corrected chi connectivity index (χ1v) is 5.37. The number of aromatic nitrogens is 2. The van der Waals surface area contributed by atoms with Gasteiger partial charge in [-0.1, -0.05) is 0 Å². The quantitative estimate of drug-likeness (QED) is 0.286. The number of rotatable bonds is 4. The van der Waals surface area contributed by atoms with Gasteiger partial charge in [0.25, 0.3) is 0 Å². The average Bonchev–Trinajstić information content (AvgIpc) is 2.62. The van der Waals surface area contributed by atoms with Crippen molar-refractivity contribution in [3.05, 3.63) is 18.0 Å². The summed E-state index contributed by atoms with van der Waals surface area (Å²) in [5, 5.41) is 7.21. The summed E-state index contributed by atoms with van der Waals surface area (Å²) in [6.07, 6.45) is 4.70. The van der Waals surface area contributed by atoms with Gasteiger partial charge in [0.1, 0.15) is 0 Å². The van der Waals surface area contributed by atoms with Crippen molar-refractivity contribution < 1.29 is 0 Å². The fourth-order valence-corrected chi connectivity index (χ4v) is 1.30. The van der Waals surface area contributed by atoms with Crippen LogP contribution in [0.2, 0.25) is 0 Å². The van der Waals surface area contributed by atoms with Crippen molar-refractivity contribution in [1.29, 1.82) is 0 Å². The van der Waals surface area contributed by atoms with Gasteiger partial charge in [-0.3, -0.25) is 15.1 Å². The van der Waals surface area contributed by atoms with Crippen molar-refractivity contribution >= 4 is 5.96 Å². The Kier molecular flexibility index (Phi) is 4.78. The van der Waals surface area contributed by atoms with E-state index in [2.05, 4.69) is 20.8 Å². The second kappa shape index (κ2) is 6.12. The molecule has 16 heavy (non-hydrogen) atoms. The number of hydrazine groups is 1. The first kappa shape index (κ1) is 12.5. The van der Waals surface area contributed by atoms with Crippen LogP contribution in [-0.4, -0.2) is 28.3 Å². The second-order valence-corrected chi connectivity index (χ2v) is 3.95. The van der Waals surface area contributed by atoms with Crippen LogP contribution in [0.15, 0.2) is 17.4 Å². The van der Waals surface area contributed by atoms with Gasteiger partial charge in [0.2, 0.25) is 5.96 Å². The molecule has 1 rings (SSSR count). The van der Waals surface area contributed by atoms with E-state index in [4.69, 9.17) is 5.84 Å². The summed E-state index contributed by atoms with van der Waals surface area (Å²) >= 11 is 0. The molecule has 0 atom stereocenters. The van der Waals surface area contributed by atoms with Gasteiger partial charge >= 0.3 is 0 Å². The van der Waals surface area contributed by atoms with Gasteiger partial charge in [0.15, 0.2) is 0 Å². The molecule has 0 fully saturated rings. The van der Waals surface area contributed by atoms with E-state index >= 15 is 0 Å². The Morgan fingerprint density at radius 2 is 2.38 bits per heavy atom. The first-order chi connectivity index (χ1) is 7.61. The maximum atomic E-state index is 5.34. The molecule has 0 aliphatic rings. The van der Waals surface area contributed by atoms with Gasteiger partial charge < -0.3 is 5.32 Å². The Labute approximate surface area is 95.9 Å². The van der Waals surface area contributed by atoms with Crippen molar-refractivity contribution in [3.63, 3.8) is 0 Å². The van der Waals surface area contributed by atoms with E-state index in [1.807, 2.05) is 33.3 Å². The van der Waals surface area contributed by atoms with Crippen LogP contribution in [0.1, 0.15) is 19.4 Å². The third-order valence-electron chi connectivity index (χ3n) is 1.99. The highest BCUT2D eigenvalue weighted by atomic mass is 15.3. The highest BCUT2D eigenvalue weighted by Gasteiger charge is 1.99. The number of nitrogens with one attached hydrogen (secondary N) is 2. The van der Waals surface area contributed by atoms with Crippen LogP contribution in [0.25, 0.3) is 0 Å². The highest BCUT2D eigenvalue weighted by molar-refractivity contribution is 5.79. The molecular weight excluding hydrogens is 204 g/mol. The standard InChI is InChI=1S/C10H20N6/c1-8(2)14-10(15-11)12-5-4-9-6-13-16(3)7-9/h6-8H,4-5,11H2,1-3H3,(H2,12,14,15). The van der Waals surface area contributed by atoms with Gasteiger partial charge in [0.05, 0.1) is 6.20 Å². The lowest BCUT2D eigenvalue weighted by Crippen LogP contribution is -2.44. The zero-order chi connectivity index (χ0) is 12.0. The predicted molar refractivity (Wildman–Crippen MR) is 64.8 cm³/mol. The van der Waals surface area contributed by atoms with E-state index in [9.17, 15) is 0 Å². The minimum Gasteiger partial charge on any atom is -0.353 e. The number of hydrogen-bond acceptors (Lipinski definition) is 3. The lowest BCUT2D eigenvalue weighted by Gasteiger charge is -2.11. The molecule has 6 heteroatoms. The molecule has 0 spiro atoms. The van der Waals surface area contributed by atoms with Crippen LogP contribution in [0, 0.1) is 0 Å². The summed E-state index contributed by atoms with van der Waals surface area (Å²) in [4.78, 5) is 4.32. The van der Waals surface area contributed by atoms with Gasteiger partial charge in [0, 0.05) is 25.8 Å². The molecule has 4 N–H and O–H groups in total. The van der Waals surface area contributed by atoms with E-state index in [-0.39, 0.29) is 0 Å². The van der Waals surface area contributed by atoms with Crippen molar-refractivity contribution in [1.82, 2.24) is 20.5 Å². The topological polar surface area (TPSA) is 80.3 Å². The maximum Gasteiger partial charge on any atom is 0.205 e. The molecule has 0 aliphatic heterocycles. The molecule has 0 aliphatic carbocycles. The Balaban J connectivity index is 2.39. The van der Waals surface area contributed by atoms with Crippen LogP contribution < -0.4 is 16.6 Å². The molecule has 0 radical (unpaired) electrons. The molecule has 0 unspecified atom stereocenters. The number of guanidine groups is 1. The molecule has 1 aromatic heterocycles. The molecule has 0 aromatic carbocycles. The third kappa shape index (κ3) is 4.31. The van der Waals surface area contributed by atoms with Crippen LogP contribution in [0.3, 0.4) is 0 Å². The fourth-order valence-electron chi connectivity index (χ4n) is 1.30. The molecule has 1 heterocycles. The van der Waals surface area contributed by atoms with Gasteiger partial charge in [-0.15, -0.1) is 0 Å². The smallest absolute Gasteiger partial charge is 0.205 e. The van der Waals surface area contributed by atoms with Crippen molar-refractivity contribution in [2.24, 2.45) is 17.9 Å². The van der Waals surface area contributed by atoms with Crippen molar-refractivity contribution in [2.45, 2.75) is 26.3 Å². The van der Waals surface area contributed by atoms with Gasteiger partial charge in [-0.05, 0) is 25.8 Å². The summed E-state index contributed by atoms with van der Waals surface area (Å²) in [7, 11) is 1.90. The molecule has 0 saturated heterocycles. The number of aryl methyl sites for hydroxylation is 1. The molecule has 90 valence electrons. The summed E-state index contributed by atoms with van der Waals surface area (Å²) in [6.45, 7) is 4.76.